The van der Waals surface area contributed by atoms with E-state index in [1.807, 2.05) is 54.4 Å². The van der Waals surface area contributed by atoms with Crippen LogP contribution >= 0.6 is 15.9 Å². The van der Waals surface area contributed by atoms with E-state index in [1.54, 1.807) is 7.11 Å². The van der Waals surface area contributed by atoms with E-state index in [0.29, 0.717) is 12.1 Å². The molecular weight excluding hydrogens is 316 g/mol. The van der Waals surface area contributed by atoms with E-state index in [2.05, 4.69) is 22.0 Å². The summed E-state index contributed by atoms with van der Waals surface area (Å²) < 4.78 is 6.32. The highest BCUT2D eigenvalue weighted by Gasteiger charge is 2.11. The topological polar surface area (TPSA) is 36.3 Å². The molecular formula is C16H15BrN2O. The normalized spacial score (nSPS) is 9.90. The van der Waals surface area contributed by atoms with Crippen molar-refractivity contribution in [2.24, 2.45) is 0 Å². The SMILES string of the molecule is COc1ccccc1CN(C)c1cc(Br)ccc1C#N. The fourth-order valence-electron chi connectivity index (χ4n) is 2.09. The number of nitriles is 1. The maximum atomic E-state index is 9.21. The minimum Gasteiger partial charge on any atom is -0.496 e. The molecule has 4 heteroatoms. The summed E-state index contributed by atoms with van der Waals surface area (Å²) in [5, 5.41) is 9.21. The zero-order valence-electron chi connectivity index (χ0n) is 11.4. The summed E-state index contributed by atoms with van der Waals surface area (Å²) in [6.07, 6.45) is 0. The quantitative estimate of drug-likeness (QED) is 0.851. The second-order valence-electron chi connectivity index (χ2n) is 4.44. The molecule has 2 rings (SSSR count). The van der Waals surface area contributed by atoms with Gasteiger partial charge in [0.15, 0.2) is 0 Å². The van der Waals surface area contributed by atoms with Gasteiger partial charge in [0.1, 0.15) is 11.8 Å². The first-order valence-electron chi connectivity index (χ1n) is 6.18. The van der Waals surface area contributed by atoms with Gasteiger partial charge in [-0.25, -0.2) is 0 Å². The fraction of sp³-hybridized carbons (Fsp3) is 0.188. The Morgan fingerprint density at radius 2 is 2.00 bits per heavy atom. The van der Waals surface area contributed by atoms with Gasteiger partial charge < -0.3 is 9.64 Å². The second kappa shape index (κ2) is 6.44. The number of halogens is 1. The average Bonchev–Trinajstić information content (AvgIpc) is 2.47. The third-order valence-electron chi connectivity index (χ3n) is 3.09. The number of hydrogen-bond donors (Lipinski definition) is 0. The molecule has 0 N–H and O–H groups in total. The number of rotatable bonds is 4. The molecule has 2 aromatic carbocycles. The van der Waals surface area contributed by atoms with Crippen molar-refractivity contribution in [3.8, 4) is 11.8 Å². The Hall–Kier alpha value is -1.99. The van der Waals surface area contributed by atoms with Crippen LogP contribution in [-0.4, -0.2) is 14.2 Å². The van der Waals surface area contributed by atoms with Crippen molar-refractivity contribution in [3.05, 3.63) is 58.1 Å². The zero-order chi connectivity index (χ0) is 14.5. The van der Waals surface area contributed by atoms with Crippen molar-refractivity contribution >= 4 is 21.6 Å². The lowest BCUT2D eigenvalue weighted by atomic mass is 10.1. The highest BCUT2D eigenvalue weighted by molar-refractivity contribution is 9.10. The van der Waals surface area contributed by atoms with E-state index in [1.165, 1.54) is 0 Å². The average molecular weight is 331 g/mol. The van der Waals surface area contributed by atoms with E-state index in [9.17, 15) is 5.26 Å². The van der Waals surface area contributed by atoms with Crippen LogP contribution in [0, 0.1) is 11.3 Å². The maximum absolute atomic E-state index is 9.21. The number of methoxy groups -OCH3 is 1. The van der Waals surface area contributed by atoms with Crippen LogP contribution in [0.2, 0.25) is 0 Å². The zero-order valence-corrected chi connectivity index (χ0v) is 13.0. The van der Waals surface area contributed by atoms with Gasteiger partial charge in [-0.1, -0.05) is 34.1 Å². The summed E-state index contributed by atoms with van der Waals surface area (Å²) in [7, 11) is 3.63. The summed E-state index contributed by atoms with van der Waals surface area (Å²) in [4.78, 5) is 2.04. The molecule has 0 spiro atoms. The van der Waals surface area contributed by atoms with Crippen LogP contribution in [-0.2, 0) is 6.54 Å². The molecule has 0 aliphatic carbocycles. The molecule has 0 unspecified atom stereocenters. The molecule has 0 aliphatic heterocycles. The van der Waals surface area contributed by atoms with Crippen LogP contribution in [0.25, 0.3) is 0 Å². The lowest BCUT2D eigenvalue weighted by Crippen LogP contribution is -2.18. The second-order valence-corrected chi connectivity index (χ2v) is 5.36. The Morgan fingerprint density at radius 3 is 2.70 bits per heavy atom. The van der Waals surface area contributed by atoms with Gasteiger partial charge >= 0.3 is 0 Å². The van der Waals surface area contributed by atoms with E-state index in [4.69, 9.17) is 4.74 Å². The first kappa shape index (κ1) is 14.4. The first-order chi connectivity index (χ1) is 9.65. The van der Waals surface area contributed by atoms with Crippen molar-refractivity contribution in [1.82, 2.24) is 0 Å². The van der Waals surface area contributed by atoms with Crippen molar-refractivity contribution in [1.29, 1.82) is 5.26 Å². The molecule has 3 nitrogen and oxygen atoms in total. The van der Waals surface area contributed by atoms with Crippen molar-refractivity contribution in [2.45, 2.75) is 6.54 Å². The van der Waals surface area contributed by atoms with Gasteiger partial charge in [-0.2, -0.15) is 5.26 Å². The molecule has 0 aliphatic rings. The number of benzene rings is 2. The summed E-state index contributed by atoms with van der Waals surface area (Å²) in [5.74, 6) is 0.854. The minimum atomic E-state index is 0.658. The first-order valence-corrected chi connectivity index (χ1v) is 6.97. The van der Waals surface area contributed by atoms with Gasteiger partial charge in [0.2, 0.25) is 0 Å². The van der Waals surface area contributed by atoms with Crippen LogP contribution < -0.4 is 9.64 Å². The van der Waals surface area contributed by atoms with Gasteiger partial charge in [0.25, 0.3) is 0 Å². The summed E-state index contributed by atoms with van der Waals surface area (Å²) in [5.41, 5.74) is 2.64. The predicted molar refractivity (Wildman–Crippen MR) is 84.0 cm³/mol. The lowest BCUT2D eigenvalue weighted by Gasteiger charge is -2.22. The summed E-state index contributed by atoms with van der Waals surface area (Å²) >= 11 is 3.45. The monoisotopic (exact) mass is 330 g/mol. The van der Waals surface area contributed by atoms with Crippen LogP contribution in [0.15, 0.2) is 46.9 Å². The van der Waals surface area contributed by atoms with E-state index < -0.39 is 0 Å². The van der Waals surface area contributed by atoms with Crippen LogP contribution in [0.1, 0.15) is 11.1 Å². The molecule has 0 aromatic heterocycles. The van der Waals surface area contributed by atoms with E-state index in [-0.39, 0.29) is 0 Å². The van der Waals surface area contributed by atoms with Gasteiger partial charge in [-0.15, -0.1) is 0 Å². The Morgan fingerprint density at radius 1 is 1.25 bits per heavy atom. The van der Waals surface area contributed by atoms with Crippen LogP contribution in [0.5, 0.6) is 5.75 Å². The summed E-state index contributed by atoms with van der Waals surface area (Å²) in [6, 6.07) is 15.8. The molecule has 0 saturated carbocycles. The van der Waals surface area contributed by atoms with Gasteiger partial charge in [0.05, 0.1) is 18.4 Å². The number of para-hydroxylation sites is 1. The molecule has 0 saturated heterocycles. The van der Waals surface area contributed by atoms with E-state index in [0.717, 1.165) is 21.5 Å². The fourth-order valence-corrected chi connectivity index (χ4v) is 2.44. The van der Waals surface area contributed by atoms with Gasteiger partial charge in [-0.3, -0.25) is 0 Å². The molecule has 0 radical (unpaired) electrons. The molecule has 0 amide bonds. The number of anilines is 1. The minimum absolute atomic E-state index is 0.658. The molecule has 2 aromatic rings. The van der Waals surface area contributed by atoms with Gasteiger partial charge in [-0.05, 0) is 24.3 Å². The van der Waals surface area contributed by atoms with Crippen molar-refractivity contribution in [2.75, 3.05) is 19.1 Å². The Balaban J connectivity index is 2.31. The highest BCUT2D eigenvalue weighted by atomic mass is 79.9. The Kier molecular flexibility index (Phi) is 4.65. The molecule has 0 bridgehead atoms. The van der Waals surface area contributed by atoms with Crippen LogP contribution in [0.3, 0.4) is 0 Å². The number of nitrogens with zero attached hydrogens (tertiary/aromatic N) is 2. The smallest absolute Gasteiger partial charge is 0.123 e. The molecule has 0 heterocycles. The molecule has 0 atom stereocenters. The predicted octanol–water partition coefficient (Wildman–Crippen LogP) is 3.97. The Labute approximate surface area is 127 Å². The van der Waals surface area contributed by atoms with Crippen molar-refractivity contribution < 1.29 is 4.74 Å². The third-order valence-corrected chi connectivity index (χ3v) is 3.58. The number of ether oxygens (including phenoxy) is 1. The van der Waals surface area contributed by atoms with Gasteiger partial charge in [0, 0.05) is 23.6 Å². The number of hydrogen-bond acceptors (Lipinski definition) is 3. The van der Waals surface area contributed by atoms with Crippen molar-refractivity contribution in [3.63, 3.8) is 0 Å². The van der Waals surface area contributed by atoms with E-state index >= 15 is 0 Å². The standard InChI is InChI=1S/C16H15BrN2O/c1-19(11-13-5-3-4-6-16(13)20-2)15-9-14(17)8-7-12(15)10-18/h3-9H,11H2,1-2H3. The molecule has 102 valence electrons. The molecule has 0 fully saturated rings. The largest absolute Gasteiger partial charge is 0.496 e. The third kappa shape index (κ3) is 3.12. The summed E-state index contributed by atoms with van der Waals surface area (Å²) in [6.45, 7) is 0.676. The lowest BCUT2D eigenvalue weighted by molar-refractivity contribution is 0.409. The maximum Gasteiger partial charge on any atom is 0.123 e. The molecule has 20 heavy (non-hydrogen) atoms. The Bertz CT molecular complexity index is 649. The van der Waals surface area contributed by atoms with Crippen LogP contribution in [0.4, 0.5) is 5.69 Å². The highest BCUT2D eigenvalue weighted by Crippen LogP contribution is 2.27.